The minimum atomic E-state index is -3.71. The third-order valence-corrected chi connectivity index (χ3v) is 6.33. The van der Waals surface area contributed by atoms with Crippen LogP contribution < -0.4 is 11.2 Å². The minimum absolute atomic E-state index is 0.0260. The molecule has 158 valence electrons. The predicted molar refractivity (Wildman–Crippen MR) is 121 cm³/mol. The van der Waals surface area contributed by atoms with Gasteiger partial charge in [0.25, 0.3) is 0 Å². The lowest BCUT2D eigenvalue weighted by Gasteiger charge is -2.25. The Morgan fingerprint density at radius 3 is 2.74 bits per heavy atom. The molecular weight excluding hydrogens is 415 g/mol. The maximum atomic E-state index is 13.0. The van der Waals surface area contributed by atoms with Gasteiger partial charge in [0.2, 0.25) is 10.0 Å². The average Bonchev–Trinajstić information content (AvgIpc) is 2.73. The van der Waals surface area contributed by atoms with E-state index < -0.39 is 23.0 Å². The number of Topliss-reactive ketones (excluding diaryl/α,β-unsaturated/α-hetero) is 1. The van der Waals surface area contributed by atoms with E-state index in [1.54, 1.807) is 30.6 Å². The van der Waals surface area contributed by atoms with Crippen molar-refractivity contribution in [3.05, 3.63) is 71.5 Å². The van der Waals surface area contributed by atoms with Crippen LogP contribution in [0.5, 0.6) is 0 Å². The second-order valence-electron chi connectivity index (χ2n) is 7.53. The number of fused-ring (bicyclic) bond motifs is 2. The number of ketones is 1. The number of sulfonamides is 1. The fraction of sp³-hybridized carbons (Fsp3) is 0.190. The van der Waals surface area contributed by atoms with Crippen molar-refractivity contribution >= 4 is 45.3 Å². The van der Waals surface area contributed by atoms with Crippen LogP contribution in [0.2, 0.25) is 0 Å². The number of hydrogen-bond donors (Lipinski definition) is 2. The molecule has 2 aromatic carbocycles. The lowest BCUT2D eigenvalue weighted by atomic mass is 9.70. The van der Waals surface area contributed by atoms with Crippen molar-refractivity contribution in [2.75, 3.05) is 12.8 Å². The summed E-state index contributed by atoms with van der Waals surface area (Å²) in [6, 6.07) is 12.7. The first kappa shape index (κ1) is 21.2. The first-order valence-corrected chi connectivity index (χ1v) is 11.5. The van der Waals surface area contributed by atoms with Gasteiger partial charge in [-0.3, -0.25) is 9.78 Å². The minimum Gasteiger partial charge on any atom is -0.427 e. The van der Waals surface area contributed by atoms with Gasteiger partial charge in [0.15, 0.2) is 0 Å². The van der Waals surface area contributed by atoms with Crippen molar-refractivity contribution in [1.29, 1.82) is 0 Å². The predicted octanol–water partition coefficient (Wildman–Crippen LogP) is 0.385. The molecule has 1 atom stereocenters. The van der Waals surface area contributed by atoms with Crippen molar-refractivity contribution in [2.24, 2.45) is 10.8 Å². The zero-order valence-corrected chi connectivity index (χ0v) is 17.7. The number of benzene rings is 2. The van der Waals surface area contributed by atoms with E-state index in [1.165, 1.54) is 6.21 Å². The summed E-state index contributed by atoms with van der Waals surface area (Å²) in [4.78, 5) is 17.1. The zero-order chi connectivity index (χ0) is 22.2. The van der Waals surface area contributed by atoms with E-state index in [9.17, 15) is 18.2 Å². The van der Waals surface area contributed by atoms with Crippen LogP contribution in [0.25, 0.3) is 10.8 Å². The SMILES string of the molecule is CS(=O)(=O)N1N=Cc2cc([C@@H](CN)C(=O)Cc3ccc4cnccc4c3)ccc2B1O. The maximum Gasteiger partial charge on any atom is 0.483 e. The number of carbonyl (C=O) groups is 1. The summed E-state index contributed by atoms with van der Waals surface area (Å²) in [5, 5.41) is 16.2. The molecule has 0 bridgehead atoms. The molecule has 2 heterocycles. The molecule has 31 heavy (non-hydrogen) atoms. The van der Waals surface area contributed by atoms with E-state index >= 15 is 0 Å². The Hall–Kier alpha value is -3.08. The van der Waals surface area contributed by atoms with Crippen LogP contribution in [-0.4, -0.2) is 54.6 Å². The number of aromatic nitrogens is 1. The van der Waals surface area contributed by atoms with Crippen LogP contribution in [0, 0.1) is 0 Å². The molecule has 0 saturated heterocycles. The van der Waals surface area contributed by atoms with E-state index in [0.29, 0.717) is 20.9 Å². The number of pyridine rings is 1. The van der Waals surface area contributed by atoms with E-state index in [0.717, 1.165) is 22.6 Å². The summed E-state index contributed by atoms with van der Waals surface area (Å²) < 4.78 is 24.2. The Morgan fingerprint density at radius 2 is 2.00 bits per heavy atom. The molecule has 3 aromatic rings. The summed E-state index contributed by atoms with van der Waals surface area (Å²) in [5.74, 6) is -0.557. The summed E-state index contributed by atoms with van der Waals surface area (Å²) in [7, 11) is -5.12. The van der Waals surface area contributed by atoms with Gasteiger partial charge >= 0.3 is 7.05 Å². The Balaban J connectivity index is 1.58. The Bertz CT molecular complexity index is 1300. The average molecular weight is 436 g/mol. The molecule has 0 aliphatic carbocycles. The molecule has 10 heteroatoms. The maximum absolute atomic E-state index is 13.0. The van der Waals surface area contributed by atoms with Crippen LogP contribution in [0.3, 0.4) is 0 Å². The molecular formula is C21H21BN4O4S. The van der Waals surface area contributed by atoms with Crippen LogP contribution in [0.15, 0.2) is 60.0 Å². The van der Waals surface area contributed by atoms with Gasteiger partial charge < -0.3 is 10.8 Å². The van der Waals surface area contributed by atoms with Gasteiger partial charge in [0, 0.05) is 30.7 Å². The van der Waals surface area contributed by atoms with Gasteiger partial charge in [-0.1, -0.05) is 30.3 Å². The molecule has 4 rings (SSSR count). The largest absolute Gasteiger partial charge is 0.483 e. The van der Waals surface area contributed by atoms with Crippen molar-refractivity contribution in [2.45, 2.75) is 12.3 Å². The Kier molecular flexibility index (Phi) is 5.61. The summed E-state index contributed by atoms with van der Waals surface area (Å²) in [5.41, 5.74) is 8.47. The third-order valence-electron chi connectivity index (χ3n) is 5.36. The third kappa shape index (κ3) is 4.22. The topological polar surface area (TPSA) is 126 Å². The van der Waals surface area contributed by atoms with Crippen molar-refractivity contribution < 1.29 is 18.2 Å². The summed E-state index contributed by atoms with van der Waals surface area (Å²) in [6.07, 6.45) is 6.05. The van der Waals surface area contributed by atoms with Gasteiger partial charge in [0.1, 0.15) is 5.78 Å². The Morgan fingerprint density at radius 1 is 1.19 bits per heavy atom. The van der Waals surface area contributed by atoms with Gasteiger partial charge in [-0.05, 0) is 39.7 Å². The molecule has 0 saturated carbocycles. The van der Waals surface area contributed by atoms with E-state index in [-0.39, 0.29) is 18.7 Å². The highest BCUT2D eigenvalue weighted by atomic mass is 32.2. The number of hydrogen-bond acceptors (Lipinski definition) is 7. The highest BCUT2D eigenvalue weighted by Crippen LogP contribution is 2.22. The highest BCUT2D eigenvalue weighted by Gasteiger charge is 2.35. The van der Waals surface area contributed by atoms with Crippen LogP contribution in [0.1, 0.15) is 22.6 Å². The van der Waals surface area contributed by atoms with Crippen molar-refractivity contribution in [3.63, 3.8) is 0 Å². The van der Waals surface area contributed by atoms with E-state index in [1.807, 2.05) is 24.3 Å². The van der Waals surface area contributed by atoms with Gasteiger partial charge in [0.05, 0.1) is 18.4 Å². The lowest BCUT2D eigenvalue weighted by Crippen LogP contribution is -2.52. The molecule has 0 radical (unpaired) electrons. The normalized spacial score (nSPS) is 14.5. The quantitative estimate of drug-likeness (QED) is 0.539. The smallest absolute Gasteiger partial charge is 0.427 e. The summed E-state index contributed by atoms with van der Waals surface area (Å²) in [6.45, 7) is 0.129. The van der Waals surface area contributed by atoms with Gasteiger partial charge in [-0.25, -0.2) is 12.7 Å². The molecule has 1 aliphatic heterocycles. The molecule has 1 aliphatic rings. The summed E-state index contributed by atoms with van der Waals surface area (Å²) >= 11 is 0. The molecule has 8 nitrogen and oxygen atoms in total. The van der Waals surface area contributed by atoms with Crippen LogP contribution in [0.4, 0.5) is 0 Å². The molecule has 1 aromatic heterocycles. The van der Waals surface area contributed by atoms with Gasteiger partial charge in [-0.15, -0.1) is 0 Å². The van der Waals surface area contributed by atoms with E-state index in [4.69, 9.17) is 5.73 Å². The fourth-order valence-corrected chi connectivity index (χ4v) is 4.44. The number of carbonyl (C=O) groups excluding carboxylic acids is 1. The van der Waals surface area contributed by atoms with Crippen LogP contribution in [-0.2, 0) is 21.2 Å². The van der Waals surface area contributed by atoms with Crippen LogP contribution >= 0.6 is 0 Å². The molecule has 3 N–H and O–H groups in total. The highest BCUT2D eigenvalue weighted by molar-refractivity contribution is 7.89. The van der Waals surface area contributed by atoms with Crippen molar-refractivity contribution in [3.8, 4) is 0 Å². The first-order valence-electron chi connectivity index (χ1n) is 9.68. The molecule has 0 amide bonds. The standard InChI is InChI=1S/C21H21BN4O4S/c1-31(29,30)26-22(28)20-5-4-16(10-18(20)13-25-26)19(11-23)21(27)9-14-2-3-17-12-24-7-6-15(17)8-14/h2-8,10,12-13,19,28H,9,11,23H2,1H3/t19-/m1/s1. The second-order valence-corrected chi connectivity index (χ2v) is 9.37. The Labute approximate surface area is 180 Å². The lowest BCUT2D eigenvalue weighted by molar-refractivity contribution is -0.119. The second kappa shape index (κ2) is 8.22. The zero-order valence-electron chi connectivity index (χ0n) is 16.8. The number of hydrazone groups is 1. The van der Waals surface area contributed by atoms with Gasteiger partial charge in [-0.2, -0.15) is 5.10 Å². The number of nitrogens with zero attached hydrogens (tertiary/aromatic N) is 3. The fourth-order valence-electron chi connectivity index (χ4n) is 3.75. The monoisotopic (exact) mass is 436 g/mol. The first-order chi connectivity index (χ1) is 14.8. The number of nitrogens with two attached hydrogens (primary N) is 1. The van der Waals surface area contributed by atoms with E-state index in [2.05, 4.69) is 10.1 Å². The van der Waals surface area contributed by atoms with Crippen molar-refractivity contribution in [1.82, 2.24) is 9.31 Å². The molecule has 0 spiro atoms. The molecule has 0 unspecified atom stereocenters. The number of rotatable bonds is 6. The molecule has 0 fully saturated rings.